The summed E-state index contributed by atoms with van der Waals surface area (Å²) in [6.07, 6.45) is 0. The van der Waals surface area contributed by atoms with E-state index in [0.717, 1.165) is 23.3 Å². The summed E-state index contributed by atoms with van der Waals surface area (Å²) in [6, 6.07) is 21.9. The lowest BCUT2D eigenvalue weighted by Crippen LogP contribution is -2.30. The second-order valence-corrected chi connectivity index (χ2v) is 8.13. The lowest BCUT2D eigenvalue weighted by Gasteiger charge is -2.23. The van der Waals surface area contributed by atoms with Gasteiger partial charge in [-0.05, 0) is 29.3 Å². The Balaban J connectivity index is 2.00. The van der Waals surface area contributed by atoms with Crippen LogP contribution in [-0.4, -0.2) is 12.7 Å². The van der Waals surface area contributed by atoms with Gasteiger partial charge in [0.2, 0.25) is 10.0 Å². The third kappa shape index (κ3) is 4.30. The fourth-order valence-corrected chi connectivity index (χ4v) is 4.54. The largest absolute Gasteiger partial charge is 0.245 e. The third-order valence-electron chi connectivity index (χ3n) is 3.92. The Bertz CT molecular complexity index is 938. The molecule has 3 nitrogen and oxygen atoms in total. The first-order valence-electron chi connectivity index (χ1n) is 8.00. The van der Waals surface area contributed by atoms with Crippen molar-refractivity contribution in [3.8, 4) is 0 Å². The van der Waals surface area contributed by atoms with Gasteiger partial charge in [0, 0.05) is 13.1 Å². The van der Waals surface area contributed by atoms with Crippen LogP contribution >= 0.6 is 11.6 Å². The topological polar surface area (TPSA) is 37.4 Å². The van der Waals surface area contributed by atoms with Crippen LogP contribution in [0.3, 0.4) is 0 Å². The minimum Gasteiger partial charge on any atom is -0.207 e. The molecule has 0 N–H and O–H groups in total. The number of benzene rings is 3. The summed E-state index contributed by atoms with van der Waals surface area (Å²) in [5.41, 5.74) is 1.70. The maximum Gasteiger partial charge on any atom is 0.245 e. The van der Waals surface area contributed by atoms with Crippen LogP contribution in [0.5, 0.6) is 0 Å². The van der Waals surface area contributed by atoms with Crippen molar-refractivity contribution in [2.24, 2.45) is 0 Å². The molecule has 0 aromatic heterocycles. The molecule has 0 saturated carbocycles. The van der Waals surface area contributed by atoms with E-state index in [1.54, 1.807) is 0 Å². The van der Waals surface area contributed by atoms with Gasteiger partial charge in [-0.1, -0.05) is 72.3 Å². The Hall–Kier alpha value is -2.21. The number of sulfonamides is 1. The SMILES string of the molecule is O=S(=O)(c1ccc(F)cc1Cl)N(Cc1ccccc1)Cc1ccccc1. The summed E-state index contributed by atoms with van der Waals surface area (Å²) >= 11 is 6.02. The molecule has 134 valence electrons. The standard InChI is InChI=1S/C20H17ClFNO2S/c21-19-13-18(22)11-12-20(19)26(24,25)23(14-16-7-3-1-4-8-16)15-17-9-5-2-6-10-17/h1-13H,14-15H2. The summed E-state index contributed by atoms with van der Waals surface area (Å²) < 4.78 is 41.1. The van der Waals surface area contributed by atoms with Crippen LogP contribution in [0.2, 0.25) is 5.02 Å². The zero-order valence-electron chi connectivity index (χ0n) is 13.8. The molecule has 3 aromatic carbocycles. The van der Waals surface area contributed by atoms with Crippen molar-refractivity contribution in [3.05, 3.63) is 101 Å². The zero-order valence-corrected chi connectivity index (χ0v) is 15.4. The molecule has 0 bridgehead atoms. The second kappa shape index (κ2) is 7.99. The van der Waals surface area contributed by atoms with Crippen molar-refractivity contribution in [2.75, 3.05) is 0 Å². The monoisotopic (exact) mass is 389 g/mol. The van der Waals surface area contributed by atoms with Gasteiger partial charge in [0.1, 0.15) is 10.7 Å². The highest BCUT2D eigenvalue weighted by Crippen LogP contribution is 2.27. The summed E-state index contributed by atoms with van der Waals surface area (Å²) in [4.78, 5) is -0.104. The van der Waals surface area contributed by atoms with E-state index >= 15 is 0 Å². The first-order valence-corrected chi connectivity index (χ1v) is 9.81. The minimum atomic E-state index is -3.91. The first kappa shape index (κ1) is 18.6. The van der Waals surface area contributed by atoms with Crippen LogP contribution < -0.4 is 0 Å². The Morgan fingerprint density at radius 1 is 0.808 bits per heavy atom. The third-order valence-corrected chi connectivity index (χ3v) is 6.19. The van der Waals surface area contributed by atoms with Gasteiger partial charge in [-0.2, -0.15) is 4.31 Å². The van der Waals surface area contributed by atoms with Crippen LogP contribution in [0, 0.1) is 5.82 Å². The van der Waals surface area contributed by atoms with Gasteiger partial charge in [-0.3, -0.25) is 0 Å². The molecule has 0 unspecified atom stereocenters. The molecule has 0 spiro atoms. The lowest BCUT2D eigenvalue weighted by molar-refractivity contribution is 0.401. The molecule has 0 radical (unpaired) electrons. The van der Waals surface area contributed by atoms with E-state index in [9.17, 15) is 12.8 Å². The summed E-state index contributed by atoms with van der Waals surface area (Å²) in [5.74, 6) is -0.577. The fraction of sp³-hybridized carbons (Fsp3) is 0.100. The smallest absolute Gasteiger partial charge is 0.207 e. The Kier molecular flexibility index (Phi) is 5.71. The molecular weight excluding hydrogens is 373 g/mol. The van der Waals surface area contributed by atoms with Crippen molar-refractivity contribution in [1.29, 1.82) is 0 Å². The Morgan fingerprint density at radius 2 is 1.31 bits per heavy atom. The molecule has 0 amide bonds. The molecule has 3 aromatic rings. The molecule has 26 heavy (non-hydrogen) atoms. The maximum atomic E-state index is 13.3. The van der Waals surface area contributed by atoms with Crippen LogP contribution in [0.15, 0.2) is 83.8 Å². The van der Waals surface area contributed by atoms with Gasteiger partial charge in [0.25, 0.3) is 0 Å². The van der Waals surface area contributed by atoms with E-state index in [1.165, 1.54) is 10.4 Å². The Morgan fingerprint density at radius 3 is 1.77 bits per heavy atom. The molecule has 0 fully saturated rings. The number of hydrogen-bond donors (Lipinski definition) is 0. The van der Waals surface area contributed by atoms with Gasteiger partial charge >= 0.3 is 0 Å². The summed E-state index contributed by atoms with van der Waals surface area (Å²) in [7, 11) is -3.91. The molecule has 0 aliphatic carbocycles. The van der Waals surface area contributed by atoms with Gasteiger partial charge < -0.3 is 0 Å². The van der Waals surface area contributed by atoms with Crippen molar-refractivity contribution in [1.82, 2.24) is 4.31 Å². The Labute approximate surface area is 157 Å². The van der Waals surface area contributed by atoms with E-state index in [2.05, 4.69) is 0 Å². The van der Waals surface area contributed by atoms with Crippen LogP contribution in [0.25, 0.3) is 0 Å². The predicted molar refractivity (Wildman–Crippen MR) is 101 cm³/mol. The van der Waals surface area contributed by atoms with Crippen molar-refractivity contribution in [3.63, 3.8) is 0 Å². The molecule has 0 heterocycles. The average Bonchev–Trinajstić information content (AvgIpc) is 2.62. The van der Waals surface area contributed by atoms with Gasteiger partial charge in [-0.15, -0.1) is 0 Å². The minimum absolute atomic E-state index is 0.104. The van der Waals surface area contributed by atoms with E-state index in [4.69, 9.17) is 11.6 Å². The van der Waals surface area contributed by atoms with Crippen molar-refractivity contribution in [2.45, 2.75) is 18.0 Å². The van der Waals surface area contributed by atoms with Crippen molar-refractivity contribution < 1.29 is 12.8 Å². The summed E-state index contributed by atoms with van der Waals surface area (Å²) in [6.45, 7) is 0.373. The average molecular weight is 390 g/mol. The van der Waals surface area contributed by atoms with E-state index < -0.39 is 15.8 Å². The second-order valence-electron chi connectivity index (χ2n) is 5.82. The summed E-state index contributed by atoms with van der Waals surface area (Å²) in [5, 5.41) is -0.129. The maximum absolute atomic E-state index is 13.3. The number of halogens is 2. The quantitative estimate of drug-likeness (QED) is 0.603. The van der Waals surface area contributed by atoms with Crippen LogP contribution in [0.1, 0.15) is 11.1 Å². The van der Waals surface area contributed by atoms with Gasteiger partial charge in [-0.25, -0.2) is 12.8 Å². The van der Waals surface area contributed by atoms with E-state index in [-0.39, 0.29) is 23.0 Å². The molecule has 0 aliphatic rings. The van der Waals surface area contributed by atoms with Crippen molar-refractivity contribution >= 4 is 21.6 Å². The molecule has 3 rings (SSSR count). The van der Waals surface area contributed by atoms with Crippen LogP contribution in [0.4, 0.5) is 4.39 Å². The zero-order chi connectivity index (χ0) is 18.6. The highest BCUT2D eigenvalue weighted by atomic mass is 35.5. The molecule has 0 atom stereocenters. The number of hydrogen-bond acceptors (Lipinski definition) is 2. The number of nitrogens with zero attached hydrogens (tertiary/aromatic N) is 1. The highest BCUT2D eigenvalue weighted by molar-refractivity contribution is 7.89. The molecule has 0 aliphatic heterocycles. The molecule has 0 saturated heterocycles. The first-order chi connectivity index (χ1) is 12.5. The van der Waals surface area contributed by atoms with E-state index in [1.807, 2.05) is 60.7 Å². The lowest BCUT2D eigenvalue weighted by atomic mass is 10.2. The van der Waals surface area contributed by atoms with Gasteiger partial charge in [0.05, 0.1) is 5.02 Å². The highest BCUT2D eigenvalue weighted by Gasteiger charge is 2.27. The number of rotatable bonds is 6. The van der Waals surface area contributed by atoms with Crippen LogP contribution in [-0.2, 0) is 23.1 Å². The van der Waals surface area contributed by atoms with E-state index in [0.29, 0.717) is 0 Å². The fourth-order valence-electron chi connectivity index (χ4n) is 2.62. The molecule has 6 heteroatoms. The molecular formula is C20H17ClFNO2S. The van der Waals surface area contributed by atoms with Gasteiger partial charge in [0.15, 0.2) is 0 Å². The normalized spacial score (nSPS) is 11.7. The predicted octanol–water partition coefficient (Wildman–Crippen LogP) is 4.87.